The molecule has 2 aromatic rings. The Balaban J connectivity index is 1.53. The third kappa shape index (κ3) is 5.11. The Morgan fingerprint density at radius 2 is 2.35 bits per heavy atom. The van der Waals surface area contributed by atoms with Gasteiger partial charge in [-0.1, -0.05) is 22.8 Å². The number of benzene rings is 1. The van der Waals surface area contributed by atoms with Crippen LogP contribution in [0.4, 0.5) is 5.69 Å². The molecule has 7 nitrogen and oxygen atoms in total. The highest BCUT2D eigenvalue weighted by Crippen LogP contribution is 2.23. The van der Waals surface area contributed by atoms with Gasteiger partial charge >= 0.3 is 0 Å². The first-order chi connectivity index (χ1) is 12.6. The summed E-state index contributed by atoms with van der Waals surface area (Å²) in [6, 6.07) is 8.34. The van der Waals surface area contributed by atoms with Crippen molar-refractivity contribution in [1.82, 2.24) is 20.8 Å². The fraction of sp³-hybridized carbons (Fsp3) is 0.500. The molecule has 1 aliphatic heterocycles. The molecule has 3 rings (SSSR count). The van der Waals surface area contributed by atoms with Crippen LogP contribution in [-0.2, 0) is 6.42 Å². The molecule has 1 aromatic carbocycles. The molecule has 0 spiro atoms. The largest absolute Gasteiger partial charge is 0.369 e. The van der Waals surface area contributed by atoms with Gasteiger partial charge in [-0.2, -0.15) is 4.98 Å². The molecule has 2 N–H and O–H groups in total. The number of anilines is 1. The Labute approximate surface area is 158 Å². The second-order valence-corrected chi connectivity index (χ2v) is 6.74. The maximum atomic E-state index is 6.11. The van der Waals surface area contributed by atoms with Gasteiger partial charge in [0.2, 0.25) is 5.89 Å². The van der Waals surface area contributed by atoms with Crippen LogP contribution >= 0.6 is 11.6 Å². The second-order valence-electron chi connectivity index (χ2n) is 6.30. The molecule has 1 aromatic heterocycles. The highest BCUT2D eigenvalue weighted by molar-refractivity contribution is 6.30. The summed E-state index contributed by atoms with van der Waals surface area (Å²) in [6.07, 6.45) is 1.69. The zero-order valence-corrected chi connectivity index (χ0v) is 16.0. The molecule has 26 heavy (non-hydrogen) atoms. The van der Waals surface area contributed by atoms with Crippen molar-refractivity contribution in [2.45, 2.75) is 32.7 Å². The van der Waals surface area contributed by atoms with Gasteiger partial charge in [0.15, 0.2) is 11.8 Å². The van der Waals surface area contributed by atoms with Gasteiger partial charge in [0.05, 0.1) is 6.54 Å². The van der Waals surface area contributed by atoms with Crippen LogP contribution in [0.25, 0.3) is 0 Å². The first-order valence-corrected chi connectivity index (χ1v) is 9.36. The summed E-state index contributed by atoms with van der Waals surface area (Å²) in [5.41, 5.74) is 1.16. The van der Waals surface area contributed by atoms with Gasteiger partial charge in [0.25, 0.3) is 0 Å². The molecule has 1 saturated heterocycles. The van der Waals surface area contributed by atoms with E-state index < -0.39 is 0 Å². The number of aliphatic imine (C=N–C) groups is 1. The molecular formula is C18H25ClN6O. The Kier molecular flexibility index (Phi) is 6.33. The van der Waals surface area contributed by atoms with Gasteiger partial charge in [-0.05, 0) is 38.5 Å². The number of aryl methyl sites for hydroxylation is 1. The van der Waals surface area contributed by atoms with Crippen LogP contribution in [0.3, 0.4) is 0 Å². The fourth-order valence-electron chi connectivity index (χ4n) is 3.00. The van der Waals surface area contributed by atoms with Gasteiger partial charge in [0, 0.05) is 42.8 Å². The van der Waals surface area contributed by atoms with Gasteiger partial charge in [-0.3, -0.25) is 4.99 Å². The highest BCUT2D eigenvalue weighted by atomic mass is 35.5. The standard InChI is InChI=1S/C18H25ClN6O/c1-3-20-18(21-9-7-17-22-13(2)24-26-17)23-15-8-10-25(12-15)16-6-4-5-14(19)11-16/h4-6,11,15H,3,7-10,12H2,1-2H3,(H2,20,21,23). The molecule has 0 aliphatic carbocycles. The van der Waals surface area contributed by atoms with E-state index in [1.807, 2.05) is 25.1 Å². The number of rotatable bonds is 6. The van der Waals surface area contributed by atoms with Crippen molar-refractivity contribution >= 4 is 23.2 Å². The van der Waals surface area contributed by atoms with E-state index in [1.54, 1.807) is 0 Å². The fourth-order valence-corrected chi connectivity index (χ4v) is 3.19. The average molecular weight is 377 g/mol. The molecule has 2 heterocycles. The molecule has 1 aliphatic rings. The van der Waals surface area contributed by atoms with Crippen LogP contribution in [0.2, 0.25) is 5.02 Å². The smallest absolute Gasteiger partial charge is 0.228 e. The Morgan fingerprint density at radius 3 is 3.08 bits per heavy atom. The lowest BCUT2D eigenvalue weighted by atomic mass is 10.2. The first kappa shape index (κ1) is 18.5. The highest BCUT2D eigenvalue weighted by Gasteiger charge is 2.23. The van der Waals surface area contributed by atoms with Gasteiger partial charge in [-0.15, -0.1) is 0 Å². The Bertz CT molecular complexity index is 747. The topological polar surface area (TPSA) is 78.6 Å². The van der Waals surface area contributed by atoms with Crippen molar-refractivity contribution in [2.24, 2.45) is 4.99 Å². The number of guanidine groups is 1. The number of hydrogen-bond acceptors (Lipinski definition) is 5. The molecule has 1 atom stereocenters. The maximum Gasteiger partial charge on any atom is 0.228 e. The van der Waals surface area contributed by atoms with Crippen LogP contribution in [0.15, 0.2) is 33.8 Å². The van der Waals surface area contributed by atoms with Crippen molar-refractivity contribution in [3.63, 3.8) is 0 Å². The van der Waals surface area contributed by atoms with Crippen LogP contribution < -0.4 is 15.5 Å². The third-order valence-electron chi connectivity index (χ3n) is 4.21. The summed E-state index contributed by atoms with van der Waals surface area (Å²) in [7, 11) is 0. The number of hydrogen-bond donors (Lipinski definition) is 2. The lowest BCUT2D eigenvalue weighted by molar-refractivity contribution is 0.376. The van der Waals surface area contributed by atoms with Gasteiger partial charge in [-0.25, -0.2) is 0 Å². The van der Waals surface area contributed by atoms with Crippen LogP contribution in [-0.4, -0.2) is 48.3 Å². The summed E-state index contributed by atoms with van der Waals surface area (Å²) >= 11 is 6.11. The van der Waals surface area contributed by atoms with Crippen LogP contribution in [0.5, 0.6) is 0 Å². The summed E-state index contributed by atoms with van der Waals surface area (Å²) in [6.45, 7) is 7.21. The molecule has 140 valence electrons. The zero-order valence-electron chi connectivity index (χ0n) is 15.2. The third-order valence-corrected chi connectivity index (χ3v) is 4.45. The summed E-state index contributed by atoms with van der Waals surface area (Å²) in [4.78, 5) is 11.2. The monoisotopic (exact) mass is 376 g/mol. The minimum atomic E-state index is 0.345. The lowest BCUT2D eigenvalue weighted by Crippen LogP contribution is -2.44. The average Bonchev–Trinajstić information content (AvgIpc) is 3.24. The molecule has 0 saturated carbocycles. The first-order valence-electron chi connectivity index (χ1n) is 8.98. The number of nitrogens with one attached hydrogen (secondary N) is 2. The number of halogens is 1. The van der Waals surface area contributed by atoms with E-state index in [0.717, 1.165) is 42.7 Å². The summed E-state index contributed by atoms with van der Waals surface area (Å²) in [5.74, 6) is 2.10. The van der Waals surface area contributed by atoms with Crippen molar-refractivity contribution in [2.75, 3.05) is 31.1 Å². The predicted molar refractivity (Wildman–Crippen MR) is 104 cm³/mol. The van der Waals surface area contributed by atoms with Crippen molar-refractivity contribution < 1.29 is 4.52 Å². The quantitative estimate of drug-likeness (QED) is 0.595. The molecule has 0 bridgehead atoms. The van der Waals surface area contributed by atoms with E-state index in [4.69, 9.17) is 16.1 Å². The molecule has 0 radical (unpaired) electrons. The van der Waals surface area contributed by atoms with Crippen LogP contribution in [0.1, 0.15) is 25.1 Å². The van der Waals surface area contributed by atoms with Crippen molar-refractivity contribution in [3.8, 4) is 0 Å². The van der Waals surface area contributed by atoms with Crippen LogP contribution in [0, 0.1) is 6.92 Å². The molecule has 0 amide bonds. The Morgan fingerprint density at radius 1 is 1.46 bits per heavy atom. The van der Waals surface area contributed by atoms with E-state index in [1.165, 1.54) is 0 Å². The SMILES string of the molecule is CCNC(=NCCc1nc(C)no1)NC1CCN(c2cccc(Cl)c2)C1. The molecular weight excluding hydrogens is 352 g/mol. The lowest BCUT2D eigenvalue weighted by Gasteiger charge is -2.20. The summed E-state index contributed by atoms with van der Waals surface area (Å²) < 4.78 is 5.12. The predicted octanol–water partition coefficient (Wildman–Crippen LogP) is 2.41. The normalized spacial score (nSPS) is 17.6. The number of aromatic nitrogens is 2. The molecule has 8 heteroatoms. The second kappa shape index (κ2) is 8.89. The number of nitrogens with zero attached hydrogens (tertiary/aromatic N) is 4. The minimum absolute atomic E-state index is 0.345. The zero-order chi connectivity index (χ0) is 18.4. The Hall–Kier alpha value is -2.28. The molecule has 1 fully saturated rings. The summed E-state index contributed by atoms with van der Waals surface area (Å²) in [5, 5.41) is 11.4. The van der Waals surface area contributed by atoms with Crippen molar-refractivity contribution in [3.05, 3.63) is 41.0 Å². The van der Waals surface area contributed by atoms with E-state index in [2.05, 4.69) is 43.7 Å². The maximum absolute atomic E-state index is 6.11. The van der Waals surface area contributed by atoms with Gasteiger partial charge in [0.1, 0.15) is 0 Å². The van der Waals surface area contributed by atoms with E-state index >= 15 is 0 Å². The van der Waals surface area contributed by atoms with E-state index in [9.17, 15) is 0 Å². The van der Waals surface area contributed by atoms with Gasteiger partial charge < -0.3 is 20.1 Å². The van der Waals surface area contributed by atoms with E-state index in [-0.39, 0.29) is 0 Å². The molecule has 1 unspecified atom stereocenters. The minimum Gasteiger partial charge on any atom is -0.369 e. The van der Waals surface area contributed by atoms with E-state index in [0.29, 0.717) is 30.7 Å². The van der Waals surface area contributed by atoms with Crippen molar-refractivity contribution in [1.29, 1.82) is 0 Å².